The molecule has 0 spiro atoms. The van der Waals surface area contributed by atoms with Crippen molar-refractivity contribution >= 4 is 33.4 Å². The van der Waals surface area contributed by atoms with Crippen LogP contribution in [0.25, 0.3) is 0 Å². The lowest BCUT2D eigenvalue weighted by molar-refractivity contribution is 0.361. The third-order valence-electron chi connectivity index (χ3n) is 3.11. The van der Waals surface area contributed by atoms with Crippen LogP contribution in [0.1, 0.15) is 32.1 Å². The summed E-state index contributed by atoms with van der Waals surface area (Å²) in [6.07, 6.45) is 6.92. The van der Waals surface area contributed by atoms with Crippen LogP contribution in [0.15, 0.2) is 0 Å². The van der Waals surface area contributed by atoms with Gasteiger partial charge in [-0.05, 0) is 31.9 Å². The second kappa shape index (κ2) is 6.47. The SMILES string of the molecule is CSC1(CNS(=O)(=O)CCCCCl)CCC1. The minimum absolute atomic E-state index is 0.166. The molecule has 1 aliphatic rings. The molecule has 1 fully saturated rings. The largest absolute Gasteiger partial charge is 0.214 e. The number of sulfonamides is 1. The molecular formula is C10H20ClNO2S2. The third kappa shape index (κ3) is 4.43. The molecule has 0 atom stereocenters. The molecule has 6 heteroatoms. The molecule has 1 rings (SSSR count). The van der Waals surface area contributed by atoms with E-state index in [1.54, 1.807) is 11.8 Å². The van der Waals surface area contributed by atoms with Crippen LogP contribution >= 0.6 is 23.4 Å². The van der Waals surface area contributed by atoms with Gasteiger partial charge >= 0.3 is 0 Å². The molecule has 16 heavy (non-hydrogen) atoms. The highest BCUT2D eigenvalue weighted by molar-refractivity contribution is 8.00. The Kier molecular flexibility index (Phi) is 5.91. The van der Waals surface area contributed by atoms with Gasteiger partial charge in [-0.25, -0.2) is 13.1 Å². The summed E-state index contributed by atoms with van der Waals surface area (Å²) >= 11 is 7.30. The fourth-order valence-electron chi connectivity index (χ4n) is 1.72. The van der Waals surface area contributed by atoms with Crippen molar-refractivity contribution in [3.63, 3.8) is 0 Å². The van der Waals surface area contributed by atoms with Crippen molar-refractivity contribution in [1.82, 2.24) is 4.72 Å². The fraction of sp³-hybridized carbons (Fsp3) is 1.00. The lowest BCUT2D eigenvalue weighted by Crippen LogP contribution is -2.45. The fourth-order valence-corrected chi connectivity index (χ4v) is 4.14. The van der Waals surface area contributed by atoms with Crippen LogP contribution in [0.2, 0.25) is 0 Å². The van der Waals surface area contributed by atoms with Gasteiger partial charge in [0.1, 0.15) is 0 Å². The molecule has 0 heterocycles. The normalized spacial score (nSPS) is 19.4. The van der Waals surface area contributed by atoms with Crippen molar-refractivity contribution in [2.24, 2.45) is 0 Å². The Morgan fingerprint density at radius 2 is 2.06 bits per heavy atom. The molecule has 0 aromatic heterocycles. The predicted octanol–water partition coefficient (Wildman–Crippen LogP) is 2.21. The molecule has 0 aromatic carbocycles. The average Bonchev–Trinajstić information content (AvgIpc) is 2.17. The summed E-state index contributed by atoms with van der Waals surface area (Å²) in [7, 11) is -3.10. The van der Waals surface area contributed by atoms with Gasteiger partial charge in [0.05, 0.1) is 5.75 Å². The van der Waals surface area contributed by atoms with E-state index in [1.165, 1.54) is 6.42 Å². The summed E-state index contributed by atoms with van der Waals surface area (Å²) in [4.78, 5) is 0. The first-order valence-corrected chi connectivity index (χ1v) is 9.03. The summed E-state index contributed by atoms with van der Waals surface area (Å²) in [6, 6.07) is 0. The average molecular weight is 286 g/mol. The van der Waals surface area contributed by atoms with Gasteiger partial charge in [-0.2, -0.15) is 11.8 Å². The van der Waals surface area contributed by atoms with Crippen LogP contribution < -0.4 is 4.72 Å². The van der Waals surface area contributed by atoms with Gasteiger partial charge in [0.25, 0.3) is 0 Å². The van der Waals surface area contributed by atoms with Crippen molar-refractivity contribution in [1.29, 1.82) is 0 Å². The topological polar surface area (TPSA) is 46.2 Å². The molecule has 0 aromatic rings. The number of unbranched alkanes of at least 4 members (excludes halogenated alkanes) is 1. The monoisotopic (exact) mass is 285 g/mol. The number of halogens is 1. The van der Waals surface area contributed by atoms with Crippen LogP contribution in [0.3, 0.4) is 0 Å². The zero-order valence-electron chi connectivity index (χ0n) is 9.67. The van der Waals surface area contributed by atoms with E-state index in [0.29, 0.717) is 18.8 Å². The molecule has 0 unspecified atom stereocenters. The van der Waals surface area contributed by atoms with Gasteiger partial charge in [0, 0.05) is 17.2 Å². The van der Waals surface area contributed by atoms with E-state index in [2.05, 4.69) is 11.0 Å². The van der Waals surface area contributed by atoms with Gasteiger partial charge < -0.3 is 0 Å². The Balaban J connectivity index is 2.30. The number of thioether (sulfide) groups is 1. The van der Waals surface area contributed by atoms with Gasteiger partial charge in [0.2, 0.25) is 10.0 Å². The van der Waals surface area contributed by atoms with Crippen LogP contribution in [-0.2, 0) is 10.0 Å². The summed E-state index contributed by atoms with van der Waals surface area (Å²) in [5.74, 6) is 0.731. The van der Waals surface area contributed by atoms with Gasteiger partial charge in [-0.15, -0.1) is 11.6 Å². The predicted molar refractivity (Wildman–Crippen MR) is 71.8 cm³/mol. The minimum Gasteiger partial charge on any atom is -0.214 e. The summed E-state index contributed by atoms with van der Waals surface area (Å²) in [6.45, 7) is 0.581. The Morgan fingerprint density at radius 3 is 2.50 bits per heavy atom. The smallest absolute Gasteiger partial charge is 0.211 e. The van der Waals surface area contributed by atoms with E-state index in [-0.39, 0.29) is 10.5 Å². The van der Waals surface area contributed by atoms with Crippen LogP contribution in [0, 0.1) is 0 Å². The third-order valence-corrected chi connectivity index (χ3v) is 6.20. The second-order valence-corrected chi connectivity index (χ2v) is 7.86. The van der Waals surface area contributed by atoms with E-state index < -0.39 is 10.0 Å². The first kappa shape index (κ1) is 14.6. The molecule has 0 saturated heterocycles. The van der Waals surface area contributed by atoms with Crippen molar-refractivity contribution in [2.75, 3.05) is 24.4 Å². The van der Waals surface area contributed by atoms with E-state index in [0.717, 1.165) is 19.3 Å². The molecule has 0 bridgehead atoms. The van der Waals surface area contributed by atoms with Crippen molar-refractivity contribution < 1.29 is 8.42 Å². The first-order valence-electron chi connectivity index (χ1n) is 5.62. The zero-order valence-corrected chi connectivity index (χ0v) is 12.1. The second-order valence-electron chi connectivity index (χ2n) is 4.28. The van der Waals surface area contributed by atoms with E-state index in [1.807, 2.05) is 0 Å². The highest BCUT2D eigenvalue weighted by Crippen LogP contribution is 2.42. The quantitative estimate of drug-likeness (QED) is 0.549. The standard InChI is InChI=1S/C10H20ClNO2S2/c1-15-10(5-4-6-10)9-12-16(13,14)8-3-2-7-11/h12H,2-9H2,1H3. The van der Waals surface area contributed by atoms with Crippen molar-refractivity contribution in [3.8, 4) is 0 Å². The number of hydrogen-bond acceptors (Lipinski definition) is 3. The Morgan fingerprint density at radius 1 is 1.38 bits per heavy atom. The Bertz CT molecular complexity index is 296. The highest BCUT2D eigenvalue weighted by atomic mass is 35.5. The van der Waals surface area contributed by atoms with E-state index in [4.69, 9.17) is 11.6 Å². The van der Waals surface area contributed by atoms with Crippen molar-refractivity contribution in [3.05, 3.63) is 0 Å². The van der Waals surface area contributed by atoms with Crippen molar-refractivity contribution in [2.45, 2.75) is 36.9 Å². The Labute approximate surface area is 108 Å². The molecule has 3 nitrogen and oxygen atoms in total. The molecule has 1 aliphatic carbocycles. The molecule has 0 radical (unpaired) electrons. The number of hydrogen-bond donors (Lipinski definition) is 1. The molecule has 0 aliphatic heterocycles. The molecular weight excluding hydrogens is 266 g/mol. The van der Waals surface area contributed by atoms with Crippen LogP contribution in [0.5, 0.6) is 0 Å². The van der Waals surface area contributed by atoms with Gasteiger partial charge in [0.15, 0.2) is 0 Å². The summed E-state index contributed by atoms with van der Waals surface area (Å²) in [5, 5.41) is 0. The molecule has 96 valence electrons. The molecule has 0 amide bonds. The van der Waals surface area contributed by atoms with Crippen LogP contribution in [-0.4, -0.2) is 37.6 Å². The highest BCUT2D eigenvalue weighted by Gasteiger charge is 2.36. The Hall–Kier alpha value is 0.550. The maximum absolute atomic E-state index is 11.6. The van der Waals surface area contributed by atoms with E-state index in [9.17, 15) is 8.42 Å². The first-order chi connectivity index (χ1) is 7.54. The minimum atomic E-state index is -3.10. The van der Waals surface area contributed by atoms with Gasteiger partial charge in [-0.3, -0.25) is 0 Å². The lowest BCUT2D eigenvalue weighted by Gasteiger charge is -2.40. The van der Waals surface area contributed by atoms with Crippen LogP contribution in [0.4, 0.5) is 0 Å². The van der Waals surface area contributed by atoms with E-state index >= 15 is 0 Å². The summed E-state index contributed by atoms with van der Waals surface area (Å²) in [5.41, 5.74) is 0. The maximum Gasteiger partial charge on any atom is 0.211 e. The number of rotatable bonds is 8. The lowest BCUT2D eigenvalue weighted by atomic mass is 9.84. The molecule has 1 N–H and O–H groups in total. The zero-order chi connectivity index (χ0) is 12.1. The number of alkyl halides is 1. The maximum atomic E-state index is 11.6. The summed E-state index contributed by atoms with van der Waals surface area (Å²) < 4.78 is 26.2. The number of nitrogens with one attached hydrogen (secondary N) is 1. The van der Waals surface area contributed by atoms with Gasteiger partial charge in [-0.1, -0.05) is 6.42 Å². The molecule has 1 saturated carbocycles.